The van der Waals surface area contributed by atoms with Gasteiger partial charge in [0.05, 0.1) is 14.2 Å². The van der Waals surface area contributed by atoms with Gasteiger partial charge >= 0.3 is 18.2 Å². The highest BCUT2D eigenvalue weighted by Crippen LogP contribution is 2.30. The summed E-state index contributed by atoms with van der Waals surface area (Å²) >= 11 is 0. The number of hydrogen-bond donors (Lipinski definition) is 1. The van der Waals surface area contributed by atoms with E-state index in [1.807, 2.05) is 12.1 Å². The van der Waals surface area contributed by atoms with Crippen molar-refractivity contribution in [2.45, 2.75) is 65.2 Å². The summed E-state index contributed by atoms with van der Waals surface area (Å²) in [5, 5.41) is 0.734. The molecule has 0 saturated carbocycles. The van der Waals surface area contributed by atoms with E-state index in [1.165, 1.54) is 14.2 Å². The highest BCUT2D eigenvalue weighted by atomic mass is 16.6. The van der Waals surface area contributed by atoms with Crippen LogP contribution in [-0.4, -0.2) is 59.5 Å². The summed E-state index contributed by atoms with van der Waals surface area (Å²) in [7, 11) is 2.73. The molecule has 9 nitrogen and oxygen atoms in total. The van der Waals surface area contributed by atoms with Gasteiger partial charge in [-0.05, 0) is 59.2 Å². The summed E-state index contributed by atoms with van der Waals surface area (Å²) in [6, 6.07) is 4.14. The number of nitrogens with one attached hydrogen (secondary N) is 1. The van der Waals surface area contributed by atoms with Crippen LogP contribution in [0.25, 0.3) is 10.9 Å². The first-order chi connectivity index (χ1) is 14.8. The zero-order valence-corrected chi connectivity index (χ0v) is 19.9. The number of ether oxygens (including phenoxy) is 4. The lowest BCUT2D eigenvalue weighted by Crippen LogP contribution is -2.53. The average Bonchev–Trinajstić information content (AvgIpc) is 3.07. The van der Waals surface area contributed by atoms with E-state index in [1.54, 1.807) is 53.8 Å². The molecule has 2 aromatic rings. The van der Waals surface area contributed by atoms with Crippen LogP contribution in [0, 0.1) is 0 Å². The molecule has 0 aliphatic carbocycles. The SMILES string of the molecule is COC(=O)[C@H](Cc1c[nH]c2cccc(OC)c12)N(C(=O)OC(C)(C)C)C(=O)OC(C)(C)C. The molecule has 0 radical (unpaired) electrons. The Morgan fingerprint density at radius 2 is 1.53 bits per heavy atom. The second kappa shape index (κ2) is 9.50. The first kappa shape index (κ1) is 25.0. The third-order valence-electron chi connectivity index (χ3n) is 4.35. The van der Waals surface area contributed by atoms with Crippen molar-refractivity contribution in [2.75, 3.05) is 14.2 Å². The molecule has 1 atom stereocenters. The van der Waals surface area contributed by atoms with Crippen molar-refractivity contribution in [3.8, 4) is 5.75 Å². The Morgan fingerprint density at radius 3 is 2.00 bits per heavy atom. The fourth-order valence-electron chi connectivity index (χ4n) is 3.13. The predicted octanol–water partition coefficient (Wildman–Crippen LogP) is 4.43. The second-order valence-electron chi connectivity index (χ2n) is 9.27. The lowest BCUT2D eigenvalue weighted by Gasteiger charge is -2.32. The maximum Gasteiger partial charge on any atom is 0.420 e. The smallest absolute Gasteiger partial charge is 0.420 e. The summed E-state index contributed by atoms with van der Waals surface area (Å²) in [5.74, 6) is -0.200. The Morgan fingerprint density at radius 1 is 0.969 bits per heavy atom. The molecule has 0 unspecified atom stereocenters. The molecule has 0 aliphatic heterocycles. The number of H-pyrrole nitrogens is 1. The third kappa shape index (κ3) is 6.15. The molecule has 0 spiro atoms. The van der Waals surface area contributed by atoms with Crippen molar-refractivity contribution in [2.24, 2.45) is 0 Å². The zero-order valence-electron chi connectivity index (χ0n) is 19.9. The second-order valence-corrected chi connectivity index (χ2v) is 9.27. The van der Waals surface area contributed by atoms with Gasteiger partial charge in [0.25, 0.3) is 0 Å². The van der Waals surface area contributed by atoms with Gasteiger partial charge < -0.3 is 23.9 Å². The molecule has 0 bridgehead atoms. The number of fused-ring (bicyclic) bond motifs is 1. The van der Waals surface area contributed by atoms with Crippen LogP contribution in [0.2, 0.25) is 0 Å². The summed E-state index contributed by atoms with van der Waals surface area (Å²) < 4.78 is 21.2. The fraction of sp³-hybridized carbons (Fsp3) is 0.522. The zero-order chi connectivity index (χ0) is 24.3. The number of esters is 1. The molecule has 0 aliphatic rings. The van der Waals surface area contributed by atoms with E-state index in [0.717, 1.165) is 10.9 Å². The Bertz CT molecular complexity index is 954. The number of carbonyl (C=O) groups is 3. The number of aromatic amines is 1. The minimum atomic E-state index is -1.33. The Labute approximate surface area is 187 Å². The van der Waals surface area contributed by atoms with Gasteiger partial charge in [-0.15, -0.1) is 0 Å². The number of aromatic nitrogens is 1. The molecule has 0 saturated heterocycles. The molecular weight excluding hydrogens is 416 g/mol. The third-order valence-corrected chi connectivity index (χ3v) is 4.35. The molecule has 32 heavy (non-hydrogen) atoms. The topological polar surface area (TPSA) is 107 Å². The molecule has 2 amide bonds. The van der Waals surface area contributed by atoms with Crippen LogP contribution < -0.4 is 4.74 Å². The minimum Gasteiger partial charge on any atom is -0.496 e. The van der Waals surface area contributed by atoms with E-state index in [4.69, 9.17) is 18.9 Å². The van der Waals surface area contributed by atoms with Crippen molar-refractivity contribution in [1.29, 1.82) is 0 Å². The van der Waals surface area contributed by atoms with Gasteiger partial charge in [-0.25, -0.2) is 14.4 Å². The minimum absolute atomic E-state index is 0.0362. The normalized spacial score (nSPS) is 12.8. The van der Waals surface area contributed by atoms with E-state index in [0.29, 0.717) is 16.2 Å². The van der Waals surface area contributed by atoms with Crippen LogP contribution in [0.3, 0.4) is 0 Å². The molecule has 2 rings (SSSR count). The summed E-state index contributed by atoms with van der Waals surface area (Å²) in [4.78, 5) is 42.6. The highest BCUT2D eigenvalue weighted by Gasteiger charge is 2.41. The average molecular weight is 449 g/mol. The first-order valence-electron chi connectivity index (χ1n) is 10.2. The number of nitrogens with zero attached hydrogens (tertiary/aromatic N) is 1. The van der Waals surface area contributed by atoms with Crippen LogP contribution in [0.1, 0.15) is 47.1 Å². The van der Waals surface area contributed by atoms with E-state index in [-0.39, 0.29) is 6.42 Å². The lowest BCUT2D eigenvalue weighted by atomic mass is 10.0. The molecule has 0 fully saturated rings. The van der Waals surface area contributed by atoms with Gasteiger partial charge in [0.1, 0.15) is 23.0 Å². The van der Waals surface area contributed by atoms with E-state index in [2.05, 4.69) is 4.98 Å². The fourth-order valence-corrected chi connectivity index (χ4v) is 3.13. The molecule has 176 valence electrons. The largest absolute Gasteiger partial charge is 0.496 e. The molecule has 1 heterocycles. The van der Waals surface area contributed by atoms with Gasteiger partial charge in [0, 0.05) is 23.5 Å². The number of carbonyl (C=O) groups excluding carboxylic acids is 3. The van der Waals surface area contributed by atoms with Crippen molar-refractivity contribution in [3.63, 3.8) is 0 Å². The van der Waals surface area contributed by atoms with E-state index in [9.17, 15) is 14.4 Å². The molecule has 9 heteroatoms. The van der Waals surface area contributed by atoms with Gasteiger partial charge in [-0.3, -0.25) is 0 Å². The van der Waals surface area contributed by atoms with Gasteiger partial charge in [0.2, 0.25) is 0 Å². The quantitative estimate of drug-likeness (QED) is 0.532. The summed E-state index contributed by atoms with van der Waals surface area (Å²) in [6.45, 7) is 9.98. The Kier molecular flexibility index (Phi) is 7.43. The summed E-state index contributed by atoms with van der Waals surface area (Å²) in [5.41, 5.74) is -0.363. The van der Waals surface area contributed by atoms with E-state index >= 15 is 0 Å². The molecule has 1 aromatic carbocycles. The van der Waals surface area contributed by atoms with Gasteiger partial charge in [-0.1, -0.05) is 6.07 Å². The van der Waals surface area contributed by atoms with Crippen LogP contribution in [-0.2, 0) is 25.4 Å². The number of hydrogen-bond acceptors (Lipinski definition) is 7. The number of imide groups is 1. The lowest BCUT2D eigenvalue weighted by molar-refractivity contribution is -0.146. The maximum atomic E-state index is 13.0. The molecule has 1 aromatic heterocycles. The number of amides is 2. The van der Waals surface area contributed by atoms with Gasteiger partial charge in [-0.2, -0.15) is 4.90 Å². The number of rotatable bonds is 5. The Hall–Kier alpha value is -3.23. The van der Waals surface area contributed by atoms with Crippen LogP contribution in [0.4, 0.5) is 9.59 Å². The van der Waals surface area contributed by atoms with Crippen molar-refractivity contribution < 1.29 is 33.3 Å². The monoisotopic (exact) mass is 448 g/mol. The van der Waals surface area contributed by atoms with Crippen molar-refractivity contribution in [1.82, 2.24) is 9.88 Å². The van der Waals surface area contributed by atoms with Gasteiger partial charge in [0.15, 0.2) is 0 Å². The van der Waals surface area contributed by atoms with Crippen molar-refractivity contribution in [3.05, 3.63) is 30.0 Å². The first-order valence-corrected chi connectivity index (χ1v) is 10.2. The maximum absolute atomic E-state index is 13.0. The van der Waals surface area contributed by atoms with Crippen LogP contribution >= 0.6 is 0 Å². The molecular formula is C23H32N2O7. The highest BCUT2D eigenvalue weighted by molar-refractivity contribution is 5.95. The molecule has 1 N–H and O–H groups in total. The predicted molar refractivity (Wildman–Crippen MR) is 119 cm³/mol. The van der Waals surface area contributed by atoms with E-state index < -0.39 is 35.4 Å². The number of methoxy groups -OCH3 is 2. The van der Waals surface area contributed by atoms with Crippen LogP contribution in [0.15, 0.2) is 24.4 Å². The van der Waals surface area contributed by atoms with Crippen molar-refractivity contribution >= 4 is 29.1 Å². The number of benzene rings is 1. The Balaban J connectivity index is 2.55. The van der Waals surface area contributed by atoms with Crippen LogP contribution in [0.5, 0.6) is 5.75 Å². The standard InChI is InChI=1S/C23H32N2O7/c1-22(2,3)31-20(27)25(21(28)32-23(4,5)6)16(19(26)30-8)12-14-13-24-15-10-9-11-17(29-7)18(14)15/h9-11,13,16,24H,12H2,1-8H3/t16-/m0/s1. The summed E-state index contributed by atoms with van der Waals surface area (Å²) in [6.07, 6.45) is -0.347.